The number of rotatable bonds is 4. The number of benzene rings is 1. The first-order valence-corrected chi connectivity index (χ1v) is 3.93. The molecule has 0 bridgehead atoms. The van der Waals surface area contributed by atoms with Crippen LogP contribution in [0.2, 0.25) is 0 Å². The summed E-state index contributed by atoms with van der Waals surface area (Å²) in [7, 11) is 0. The third kappa shape index (κ3) is 2.61. The monoisotopic (exact) mass is 184 g/mol. The first kappa shape index (κ1) is 9.83. The van der Waals surface area contributed by atoms with Crippen molar-refractivity contribution in [3.63, 3.8) is 0 Å². The molecular weight excluding hydrogens is 172 g/mol. The lowest BCUT2D eigenvalue weighted by Gasteiger charge is -2.09. The molecule has 0 aliphatic carbocycles. The second-order valence-electron chi connectivity index (χ2n) is 2.60. The molecule has 0 spiro atoms. The second kappa shape index (κ2) is 4.69. The summed E-state index contributed by atoms with van der Waals surface area (Å²) in [5.74, 6) is 0.525. The van der Waals surface area contributed by atoms with Gasteiger partial charge in [0.2, 0.25) is 0 Å². The standard InChI is InChI=1S/C9H12O4/c1-7-3-2-4-8(10)9(7)12-5-6-13-11/h2-4,10-11H,5-6H2,1H3. The van der Waals surface area contributed by atoms with Gasteiger partial charge >= 0.3 is 0 Å². The van der Waals surface area contributed by atoms with E-state index < -0.39 is 0 Å². The van der Waals surface area contributed by atoms with Crippen molar-refractivity contribution in [2.75, 3.05) is 13.2 Å². The number of hydrogen-bond donors (Lipinski definition) is 2. The number of para-hydroxylation sites is 1. The predicted molar refractivity (Wildman–Crippen MR) is 46.9 cm³/mol. The van der Waals surface area contributed by atoms with Gasteiger partial charge in [0.1, 0.15) is 13.2 Å². The van der Waals surface area contributed by atoms with Crippen LogP contribution in [0.15, 0.2) is 18.2 Å². The van der Waals surface area contributed by atoms with Crippen LogP contribution in [0.25, 0.3) is 0 Å². The fraction of sp³-hybridized carbons (Fsp3) is 0.333. The van der Waals surface area contributed by atoms with Crippen molar-refractivity contribution in [1.82, 2.24) is 0 Å². The van der Waals surface area contributed by atoms with Crippen molar-refractivity contribution in [2.24, 2.45) is 0 Å². The van der Waals surface area contributed by atoms with Crippen LogP contribution in [-0.4, -0.2) is 23.6 Å². The number of aromatic hydroxyl groups is 1. The predicted octanol–water partition coefficient (Wildman–Crippen LogP) is 1.57. The normalized spacial score (nSPS) is 10.0. The molecule has 72 valence electrons. The zero-order valence-electron chi connectivity index (χ0n) is 7.36. The molecule has 0 fully saturated rings. The van der Waals surface area contributed by atoms with Gasteiger partial charge in [-0.25, -0.2) is 4.89 Å². The van der Waals surface area contributed by atoms with Crippen molar-refractivity contribution >= 4 is 0 Å². The summed E-state index contributed by atoms with van der Waals surface area (Å²) in [4.78, 5) is 3.84. The Balaban J connectivity index is 2.64. The second-order valence-corrected chi connectivity index (χ2v) is 2.60. The number of phenolic OH excluding ortho intramolecular Hbond substituents is 1. The lowest BCUT2D eigenvalue weighted by atomic mass is 10.2. The smallest absolute Gasteiger partial charge is 0.163 e. The number of ether oxygens (including phenoxy) is 1. The number of phenols is 1. The Bertz CT molecular complexity index is 252. The third-order valence-corrected chi connectivity index (χ3v) is 1.61. The minimum Gasteiger partial charge on any atom is -0.504 e. The maximum atomic E-state index is 9.36. The third-order valence-electron chi connectivity index (χ3n) is 1.61. The van der Waals surface area contributed by atoms with Crippen LogP contribution in [0.1, 0.15) is 5.56 Å². The molecule has 4 nitrogen and oxygen atoms in total. The quantitative estimate of drug-likeness (QED) is 0.423. The van der Waals surface area contributed by atoms with E-state index in [0.717, 1.165) is 5.56 Å². The average molecular weight is 184 g/mol. The fourth-order valence-electron chi connectivity index (χ4n) is 1.01. The van der Waals surface area contributed by atoms with Gasteiger partial charge in [-0.3, -0.25) is 5.26 Å². The van der Waals surface area contributed by atoms with E-state index in [-0.39, 0.29) is 19.0 Å². The van der Waals surface area contributed by atoms with Gasteiger partial charge in [0.25, 0.3) is 0 Å². The highest BCUT2D eigenvalue weighted by Crippen LogP contribution is 2.28. The highest BCUT2D eigenvalue weighted by Gasteiger charge is 2.04. The summed E-state index contributed by atoms with van der Waals surface area (Å²) in [5, 5.41) is 17.4. The van der Waals surface area contributed by atoms with Crippen LogP contribution in [0.4, 0.5) is 0 Å². The average Bonchev–Trinajstić information content (AvgIpc) is 2.10. The highest BCUT2D eigenvalue weighted by molar-refractivity contribution is 5.44. The maximum absolute atomic E-state index is 9.36. The van der Waals surface area contributed by atoms with E-state index in [1.807, 2.05) is 13.0 Å². The molecule has 0 saturated heterocycles. The molecule has 2 N–H and O–H groups in total. The molecule has 0 atom stereocenters. The Kier molecular flexibility index (Phi) is 3.54. The topological polar surface area (TPSA) is 58.9 Å². The van der Waals surface area contributed by atoms with Crippen molar-refractivity contribution < 1.29 is 20.0 Å². The van der Waals surface area contributed by atoms with Crippen molar-refractivity contribution in [3.05, 3.63) is 23.8 Å². The van der Waals surface area contributed by atoms with Gasteiger partial charge in [-0.15, -0.1) is 0 Å². The molecule has 1 aromatic rings. The Labute approximate surface area is 76.3 Å². The van der Waals surface area contributed by atoms with Gasteiger partial charge < -0.3 is 9.84 Å². The molecule has 0 aliphatic heterocycles. The summed E-state index contributed by atoms with van der Waals surface area (Å²) in [6.45, 7) is 2.11. The van der Waals surface area contributed by atoms with Gasteiger partial charge in [-0.05, 0) is 18.6 Å². The number of aryl methyl sites for hydroxylation is 1. The first-order chi connectivity index (χ1) is 6.25. The van der Waals surface area contributed by atoms with Gasteiger partial charge in [0.05, 0.1) is 0 Å². The van der Waals surface area contributed by atoms with Crippen LogP contribution < -0.4 is 4.74 Å². The first-order valence-electron chi connectivity index (χ1n) is 3.93. The minimum atomic E-state index is 0.0772. The lowest BCUT2D eigenvalue weighted by molar-refractivity contribution is -0.245. The van der Waals surface area contributed by atoms with E-state index in [2.05, 4.69) is 4.89 Å². The summed E-state index contributed by atoms with van der Waals surface area (Å²) in [6, 6.07) is 5.11. The van der Waals surface area contributed by atoms with Crippen LogP contribution in [-0.2, 0) is 4.89 Å². The van der Waals surface area contributed by atoms with Gasteiger partial charge in [0.15, 0.2) is 11.5 Å². The Hall–Kier alpha value is -1.26. The Morgan fingerprint density at radius 3 is 2.69 bits per heavy atom. The van der Waals surface area contributed by atoms with E-state index in [1.165, 1.54) is 0 Å². The Morgan fingerprint density at radius 2 is 2.08 bits per heavy atom. The van der Waals surface area contributed by atoms with Crippen molar-refractivity contribution in [1.29, 1.82) is 0 Å². The molecule has 4 heteroatoms. The molecule has 0 saturated carbocycles. The summed E-state index contributed by atoms with van der Waals surface area (Å²) in [5.41, 5.74) is 0.845. The van der Waals surface area contributed by atoms with E-state index in [4.69, 9.17) is 9.99 Å². The van der Waals surface area contributed by atoms with Gasteiger partial charge in [0, 0.05) is 0 Å². The highest BCUT2D eigenvalue weighted by atomic mass is 17.1. The van der Waals surface area contributed by atoms with Gasteiger partial charge in [-0.2, -0.15) is 0 Å². The SMILES string of the molecule is Cc1cccc(O)c1OCCOO. The molecule has 0 heterocycles. The van der Waals surface area contributed by atoms with Crippen LogP contribution in [0, 0.1) is 6.92 Å². The summed E-state index contributed by atoms with van der Waals surface area (Å²) < 4.78 is 5.17. The lowest BCUT2D eigenvalue weighted by Crippen LogP contribution is -2.05. The van der Waals surface area contributed by atoms with Crippen LogP contribution >= 0.6 is 0 Å². The van der Waals surface area contributed by atoms with Crippen molar-refractivity contribution in [3.8, 4) is 11.5 Å². The molecule has 1 aromatic carbocycles. The molecular formula is C9H12O4. The zero-order valence-corrected chi connectivity index (χ0v) is 7.36. The summed E-state index contributed by atoms with van der Waals surface area (Å²) in [6.07, 6.45) is 0. The zero-order chi connectivity index (χ0) is 9.68. The molecule has 1 rings (SSSR count). The molecule has 0 aliphatic rings. The van der Waals surface area contributed by atoms with E-state index in [1.54, 1.807) is 12.1 Å². The number of hydrogen-bond acceptors (Lipinski definition) is 4. The molecule has 13 heavy (non-hydrogen) atoms. The van der Waals surface area contributed by atoms with Crippen LogP contribution in [0.5, 0.6) is 11.5 Å². The molecule has 0 aromatic heterocycles. The summed E-state index contributed by atoms with van der Waals surface area (Å²) >= 11 is 0. The van der Waals surface area contributed by atoms with E-state index in [0.29, 0.717) is 5.75 Å². The molecule has 0 unspecified atom stereocenters. The van der Waals surface area contributed by atoms with Gasteiger partial charge in [-0.1, -0.05) is 12.1 Å². The van der Waals surface area contributed by atoms with E-state index in [9.17, 15) is 5.11 Å². The largest absolute Gasteiger partial charge is 0.504 e. The van der Waals surface area contributed by atoms with Crippen LogP contribution in [0.3, 0.4) is 0 Å². The molecule has 0 amide bonds. The minimum absolute atomic E-state index is 0.0772. The maximum Gasteiger partial charge on any atom is 0.163 e. The van der Waals surface area contributed by atoms with Crippen molar-refractivity contribution in [2.45, 2.75) is 6.92 Å². The van der Waals surface area contributed by atoms with E-state index >= 15 is 0 Å². The Morgan fingerprint density at radius 1 is 1.31 bits per heavy atom. The fourth-order valence-corrected chi connectivity index (χ4v) is 1.01. The molecule has 0 radical (unpaired) electrons.